The first-order valence-corrected chi connectivity index (χ1v) is 8.52. The summed E-state index contributed by atoms with van der Waals surface area (Å²) < 4.78 is 0. The Labute approximate surface area is 164 Å². The van der Waals surface area contributed by atoms with E-state index in [-0.39, 0.29) is 17.2 Å². The molecule has 2 aromatic rings. The number of amides is 3. The van der Waals surface area contributed by atoms with Crippen LogP contribution in [-0.4, -0.2) is 22.8 Å². The maximum absolute atomic E-state index is 12.5. The molecule has 2 aromatic carbocycles. The molecule has 140 valence electrons. The van der Waals surface area contributed by atoms with Gasteiger partial charge in [0, 0.05) is 28.3 Å². The van der Waals surface area contributed by atoms with Crippen molar-refractivity contribution in [3.63, 3.8) is 0 Å². The number of anilines is 1. The second kappa shape index (κ2) is 7.53. The van der Waals surface area contributed by atoms with Crippen molar-refractivity contribution in [1.82, 2.24) is 10.9 Å². The van der Waals surface area contributed by atoms with Gasteiger partial charge in [0.2, 0.25) is 0 Å². The number of hydrogen-bond acceptors (Lipinski definition) is 5. The maximum Gasteiger partial charge on any atom is 0.349 e. The number of hydrazone groups is 1. The number of aliphatic hydroxyl groups is 1. The fourth-order valence-corrected chi connectivity index (χ4v) is 3.31. The third-order valence-corrected chi connectivity index (χ3v) is 4.63. The average Bonchev–Trinajstić information content (AvgIpc) is 2.89. The Morgan fingerprint density at radius 2 is 2.00 bits per heavy atom. The lowest BCUT2D eigenvalue weighted by molar-refractivity contribution is -0.132. The number of urea groups is 1. The molecule has 0 bridgehead atoms. The predicted molar refractivity (Wildman–Crippen MR) is 102 cm³/mol. The highest BCUT2D eigenvalue weighted by Crippen LogP contribution is 2.39. The van der Waals surface area contributed by atoms with Gasteiger partial charge in [-0.3, -0.25) is 10.2 Å². The zero-order chi connectivity index (χ0) is 19.6. The number of carbonyl (C=O) groups is 2. The lowest BCUT2D eigenvalue weighted by atomic mass is 9.87. The molecule has 10 heteroatoms. The van der Waals surface area contributed by atoms with Crippen molar-refractivity contribution >= 4 is 46.5 Å². The van der Waals surface area contributed by atoms with Crippen LogP contribution in [-0.2, 0) is 10.4 Å². The molecule has 1 aliphatic rings. The van der Waals surface area contributed by atoms with Gasteiger partial charge in [-0.05, 0) is 18.2 Å². The maximum atomic E-state index is 12.5. The van der Waals surface area contributed by atoms with E-state index in [0.717, 1.165) is 0 Å². The second-order valence-corrected chi connectivity index (χ2v) is 6.65. The topological polar surface area (TPSA) is 129 Å². The van der Waals surface area contributed by atoms with E-state index < -0.39 is 17.5 Å². The lowest BCUT2D eigenvalue weighted by Gasteiger charge is -2.22. The summed E-state index contributed by atoms with van der Waals surface area (Å²) in [6, 6.07) is 10.6. The number of fused-ring (bicyclic) bond motifs is 1. The SMILES string of the molecule is NNC(=O)N/N=C(\C[C@@]1(O)C(=O)Nc2ccccc21)c1ccc(Cl)cc1Cl. The number of hydrogen-bond donors (Lipinski definition) is 5. The van der Waals surface area contributed by atoms with Crippen LogP contribution in [0.3, 0.4) is 0 Å². The molecular formula is C17H15Cl2N5O3. The quantitative estimate of drug-likeness (QED) is 0.230. The number of para-hydroxylation sites is 1. The van der Waals surface area contributed by atoms with Gasteiger partial charge in [0.05, 0.1) is 10.7 Å². The average molecular weight is 408 g/mol. The first-order chi connectivity index (χ1) is 12.8. The van der Waals surface area contributed by atoms with Crippen molar-refractivity contribution in [2.45, 2.75) is 12.0 Å². The Morgan fingerprint density at radius 3 is 2.70 bits per heavy atom. The Bertz CT molecular complexity index is 950. The van der Waals surface area contributed by atoms with Crippen LogP contribution in [0.2, 0.25) is 10.0 Å². The standard InChI is InChI=1S/C17H15Cl2N5O3/c18-9-5-6-10(12(19)7-9)14(23-24-16(26)22-20)8-17(27)11-3-1-2-4-13(11)21-15(17)25/h1-7,27H,8,20H2,(H,21,25)(H2,22,24,26)/b23-14+/t17-/m0/s1. The molecule has 0 aromatic heterocycles. The van der Waals surface area contributed by atoms with Gasteiger partial charge in [-0.1, -0.05) is 47.5 Å². The number of benzene rings is 2. The number of hydrazine groups is 1. The molecule has 3 rings (SSSR count). The van der Waals surface area contributed by atoms with E-state index >= 15 is 0 Å². The van der Waals surface area contributed by atoms with Gasteiger partial charge in [-0.2, -0.15) is 5.10 Å². The Kier molecular flexibility index (Phi) is 5.33. The minimum atomic E-state index is -1.89. The molecule has 1 atom stereocenters. The number of halogens is 2. The van der Waals surface area contributed by atoms with Crippen LogP contribution in [0.5, 0.6) is 0 Å². The summed E-state index contributed by atoms with van der Waals surface area (Å²) in [5, 5.41) is 18.3. The van der Waals surface area contributed by atoms with Crippen molar-refractivity contribution in [1.29, 1.82) is 0 Å². The number of nitrogens with zero attached hydrogens (tertiary/aromatic N) is 1. The summed E-state index contributed by atoms with van der Waals surface area (Å²) in [4.78, 5) is 23.9. The molecule has 1 heterocycles. The normalized spacial score (nSPS) is 18.7. The van der Waals surface area contributed by atoms with Crippen molar-refractivity contribution in [3.8, 4) is 0 Å². The molecule has 0 saturated carbocycles. The van der Waals surface area contributed by atoms with Crippen LogP contribution in [0.15, 0.2) is 47.6 Å². The Hall–Kier alpha value is -2.65. The number of carbonyl (C=O) groups excluding carboxylic acids is 2. The second-order valence-electron chi connectivity index (χ2n) is 5.80. The number of nitrogens with two attached hydrogens (primary N) is 1. The highest BCUT2D eigenvalue weighted by atomic mass is 35.5. The minimum Gasteiger partial charge on any atom is -0.375 e. The Balaban J connectivity index is 2.04. The predicted octanol–water partition coefficient (Wildman–Crippen LogP) is 2.10. The van der Waals surface area contributed by atoms with Gasteiger partial charge in [0.1, 0.15) is 0 Å². The van der Waals surface area contributed by atoms with Crippen molar-refractivity contribution in [2.24, 2.45) is 10.9 Å². The van der Waals surface area contributed by atoms with E-state index in [1.807, 2.05) is 5.43 Å². The summed E-state index contributed by atoms with van der Waals surface area (Å²) in [7, 11) is 0. The van der Waals surface area contributed by atoms with Gasteiger partial charge in [-0.25, -0.2) is 16.1 Å². The summed E-state index contributed by atoms with van der Waals surface area (Å²) in [6.07, 6.45) is -0.248. The summed E-state index contributed by atoms with van der Waals surface area (Å²) in [6.45, 7) is 0. The van der Waals surface area contributed by atoms with E-state index in [1.165, 1.54) is 6.07 Å². The highest BCUT2D eigenvalue weighted by Gasteiger charge is 2.46. The van der Waals surface area contributed by atoms with Gasteiger partial charge in [-0.15, -0.1) is 0 Å². The van der Waals surface area contributed by atoms with E-state index in [4.69, 9.17) is 29.0 Å². The van der Waals surface area contributed by atoms with Gasteiger partial charge < -0.3 is 10.4 Å². The first-order valence-electron chi connectivity index (χ1n) is 7.77. The van der Waals surface area contributed by atoms with Gasteiger partial charge in [0.25, 0.3) is 5.91 Å². The van der Waals surface area contributed by atoms with E-state index in [9.17, 15) is 14.7 Å². The third kappa shape index (κ3) is 3.74. The molecule has 0 aliphatic carbocycles. The largest absolute Gasteiger partial charge is 0.375 e. The zero-order valence-corrected chi connectivity index (χ0v) is 15.3. The molecule has 0 unspecified atom stereocenters. The molecule has 6 N–H and O–H groups in total. The fourth-order valence-electron chi connectivity index (χ4n) is 2.79. The number of nitrogens with one attached hydrogen (secondary N) is 3. The van der Waals surface area contributed by atoms with E-state index in [0.29, 0.717) is 21.8 Å². The molecule has 0 saturated heterocycles. The Morgan fingerprint density at radius 1 is 1.26 bits per heavy atom. The lowest BCUT2D eigenvalue weighted by Crippen LogP contribution is -2.40. The van der Waals surface area contributed by atoms with Crippen LogP contribution in [0.25, 0.3) is 0 Å². The molecule has 0 radical (unpaired) electrons. The summed E-state index contributed by atoms with van der Waals surface area (Å²) in [5.74, 6) is 4.43. The third-order valence-electron chi connectivity index (χ3n) is 4.09. The van der Waals surface area contributed by atoms with Crippen LogP contribution in [0, 0.1) is 0 Å². The van der Waals surface area contributed by atoms with Crippen LogP contribution < -0.4 is 22.0 Å². The van der Waals surface area contributed by atoms with Crippen molar-refractivity contribution in [3.05, 3.63) is 63.6 Å². The molecular weight excluding hydrogens is 393 g/mol. The van der Waals surface area contributed by atoms with Gasteiger partial charge >= 0.3 is 6.03 Å². The van der Waals surface area contributed by atoms with Crippen LogP contribution in [0.1, 0.15) is 17.5 Å². The molecule has 8 nitrogen and oxygen atoms in total. The molecule has 0 fully saturated rings. The molecule has 0 spiro atoms. The van der Waals surface area contributed by atoms with E-state index in [2.05, 4.69) is 15.8 Å². The molecule has 27 heavy (non-hydrogen) atoms. The van der Waals surface area contributed by atoms with E-state index in [1.54, 1.807) is 36.4 Å². The molecule has 1 aliphatic heterocycles. The monoisotopic (exact) mass is 407 g/mol. The van der Waals surface area contributed by atoms with Gasteiger partial charge in [0.15, 0.2) is 5.60 Å². The minimum absolute atomic E-state index is 0.162. The molecule has 3 amide bonds. The smallest absolute Gasteiger partial charge is 0.349 e. The zero-order valence-electron chi connectivity index (χ0n) is 13.8. The van der Waals surface area contributed by atoms with Crippen molar-refractivity contribution in [2.75, 3.05) is 5.32 Å². The van der Waals surface area contributed by atoms with Crippen LogP contribution >= 0.6 is 23.2 Å². The van der Waals surface area contributed by atoms with Crippen LogP contribution in [0.4, 0.5) is 10.5 Å². The first kappa shape index (κ1) is 19.1. The number of rotatable bonds is 4. The van der Waals surface area contributed by atoms with Crippen molar-refractivity contribution < 1.29 is 14.7 Å². The highest BCUT2D eigenvalue weighted by molar-refractivity contribution is 6.37. The summed E-state index contributed by atoms with van der Waals surface area (Å²) in [5.41, 5.74) is 3.61. The fraction of sp³-hybridized carbons (Fsp3) is 0.118. The summed E-state index contributed by atoms with van der Waals surface area (Å²) >= 11 is 12.2.